The lowest BCUT2D eigenvalue weighted by molar-refractivity contribution is -0.142. The minimum Gasteiger partial charge on any atom is -0.469 e. The zero-order valence-corrected chi connectivity index (χ0v) is 12.4. The van der Waals surface area contributed by atoms with Crippen LogP contribution < -0.4 is 5.32 Å². The first-order valence-electron chi connectivity index (χ1n) is 6.82. The molecule has 0 amide bonds. The van der Waals surface area contributed by atoms with Crippen LogP contribution >= 0.6 is 0 Å². The molecule has 0 aliphatic carbocycles. The Bertz CT molecular complexity index is 641. The quantitative estimate of drug-likeness (QED) is 0.830. The molecule has 0 aliphatic heterocycles. The summed E-state index contributed by atoms with van der Waals surface area (Å²) in [4.78, 5) is 15.7. The smallest absolute Gasteiger partial charge is 0.307 e. The molecule has 2 rings (SSSR count). The number of ether oxygens (including phenoxy) is 1. The van der Waals surface area contributed by atoms with Crippen LogP contribution in [-0.2, 0) is 16.1 Å². The van der Waals surface area contributed by atoms with Gasteiger partial charge in [0.05, 0.1) is 20.1 Å². The number of oxazole rings is 1. The Morgan fingerprint density at radius 1 is 1.52 bits per heavy atom. The summed E-state index contributed by atoms with van der Waals surface area (Å²) in [5.41, 5.74) is 0.622. The summed E-state index contributed by atoms with van der Waals surface area (Å²) < 4.78 is 23.3. The van der Waals surface area contributed by atoms with Crippen molar-refractivity contribution in [3.8, 4) is 0 Å². The van der Waals surface area contributed by atoms with Crippen molar-refractivity contribution < 1.29 is 18.3 Å². The molecule has 1 aromatic carbocycles. The molecule has 0 saturated carbocycles. The van der Waals surface area contributed by atoms with E-state index in [-0.39, 0.29) is 18.2 Å². The van der Waals surface area contributed by atoms with Gasteiger partial charge in [-0.15, -0.1) is 0 Å². The van der Waals surface area contributed by atoms with Gasteiger partial charge in [0.25, 0.3) is 0 Å². The highest BCUT2D eigenvalue weighted by Gasteiger charge is 2.26. The maximum absolute atomic E-state index is 13.1. The van der Waals surface area contributed by atoms with Crippen LogP contribution in [0.3, 0.4) is 0 Å². The van der Waals surface area contributed by atoms with Crippen molar-refractivity contribution in [3.63, 3.8) is 0 Å². The van der Waals surface area contributed by atoms with Gasteiger partial charge in [0.2, 0.25) is 5.89 Å². The van der Waals surface area contributed by atoms with Crippen LogP contribution in [0.5, 0.6) is 0 Å². The number of hydrogen-bond donors (Lipinski definition) is 1. The molecule has 0 unspecified atom stereocenters. The van der Waals surface area contributed by atoms with Crippen molar-refractivity contribution in [3.05, 3.63) is 29.9 Å². The lowest BCUT2D eigenvalue weighted by Crippen LogP contribution is -2.43. The fraction of sp³-hybridized carbons (Fsp3) is 0.467. The van der Waals surface area contributed by atoms with Gasteiger partial charge in [-0.3, -0.25) is 4.79 Å². The molecule has 0 spiro atoms. The Balaban J connectivity index is 2.07. The molecule has 1 atom stereocenters. The minimum atomic E-state index is -0.404. The first-order chi connectivity index (χ1) is 9.95. The van der Waals surface area contributed by atoms with E-state index in [1.54, 1.807) is 6.07 Å². The molecule has 0 aliphatic rings. The molecule has 21 heavy (non-hydrogen) atoms. The van der Waals surface area contributed by atoms with Gasteiger partial charge in [0, 0.05) is 11.6 Å². The molecule has 0 radical (unpaired) electrons. The molecule has 1 aromatic heterocycles. The summed E-state index contributed by atoms with van der Waals surface area (Å²) in [5, 5.41) is 3.25. The van der Waals surface area contributed by atoms with E-state index in [1.165, 1.54) is 19.2 Å². The van der Waals surface area contributed by atoms with Crippen LogP contribution in [-0.4, -0.2) is 23.6 Å². The number of halogens is 1. The standard InChI is InChI=1S/C15H19FN2O3/c1-4-15(2,8-14(19)20-3)17-9-13-18-11-6-5-10(16)7-12(11)21-13/h5-7,17H,4,8-9H2,1-3H3/t15-/m1/s1. The van der Waals surface area contributed by atoms with Gasteiger partial charge >= 0.3 is 5.97 Å². The van der Waals surface area contributed by atoms with Crippen LogP contribution in [0.25, 0.3) is 11.1 Å². The molecule has 114 valence electrons. The number of aromatic nitrogens is 1. The second kappa shape index (κ2) is 6.22. The fourth-order valence-corrected chi connectivity index (χ4v) is 2.01. The maximum atomic E-state index is 13.1. The van der Waals surface area contributed by atoms with Crippen molar-refractivity contribution >= 4 is 17.1 Å². The van der Waals surface area contributed by atoms with E-state index < -0.39 is 5.54 Å². The summed E-state index contributed by atoms with van der Waals surface area (Å²) in [5.74, 6) is -0.172. The fourth-order valence-electron chi connectivity index (χ4n) is 2.01. The van der Waals surface area contributed by atoms with Crippen molar-refractivity contribution in [1.29, 1.82) is 0 Å². The Morgan fingerprint density at radius 3 is 2.95 bits per heavy atom. The Labute approximate surface area is 122 Å². The third-order valence-electron chi connectivity index (χ3n) is 3.60. The van der Waals surface area contributed by atoms with E-state index in [1.807, 2.05) is 13.8 Å². The number of fused-ring (bicyclic) bond motifs is 1. The number of esters is 1. The van der Waals surface area contributed by atoms with Crippen molar-refractivity contribution in [2.75, 3.05) is 7.11 Å². The molecule has 0 bridgehead atoms. The maximum Gasteiger partial charge on any atom is 0.307 e. The van der Waals surface area contributed by atoms with Crippen LogP contribution in [0, 0.1) is 5.82 Å². The highest BCUT2D eigenvalue weighted by Crippen LogP contribution is 2.19. The molecule has 1 N–H and O–H groups in total. The predicted octanol–water partition coefficient (Wildman–Crippen LogP) is 2.79. The van der Waals surface area contributed by atoms with E-state index in [2.05, 4.69) is 10.3 Å². The average Bonchev–Trinajstić information content (AvgIpc) is 2.87. The van der Waals surface area contributed by atoms with Crippen LogP contribution in [0.4, 0.5) is 4.39 Å². The number of rotatable bonds is 6. The highest BCUT2D eigenvalue weighted by atomic mass is 19.1. The van der Waals surface area contributed by atoms with E-state index >= 15 is 0 Å². The molecule has 5 nitrogen and oxygen atoms in total. The monoisotopic (exact) mass is 294 g/mol. The number of nitrogens with one attached hydrogen (secondary N) is 1. The summed E-state index contributed by atoms with van der Waals surface area (Å²) in [6, 6.07) is 4.22. The van der Waals surface area contributed by atoms with Gasteiger partial charge in [-0.2, -0.15) is 0 Å². The molecule has 0 fully saturated rings. The SMILES string of the molecule is CC[C@](C)(CC(=O)OC)NCc1nc2ccc(F)cc2o1. The van der Waals surface area contributed by atoms with Gasteiger partial charge < -0.3 is 14.5 Å². The zero-order chi connectivity index (χ0) is 15.5. The largest absolute Gasteiger partial charge is 0.469 e. The lowest BCUT2D eigenvalue weighted by Gasteiger charge is -2.27. The number of hydrogen-bond acceptors (Lipinski definition) is 5. The lowest BCUT2D eigenvalue weighted by atomic mass is 9.94. The number of benzene rings is 1. The summed E-state index contributed by atoms with van der Waals surface area (Å²) in [6.45, 7) is 4.28. The predicted molar refractivity (Wildman–Crippen MR) is 76.1 cm³/mol. The van der Waals surface area contributed by atoms with E-state index in [0.717, 1.165) is 6.42 Å². The second-order valence-corrected chi connectivity index (χ2v) is 5.24. The van der Waals surface area contributed by atoms with Crippen LogP contribution in [0.1, 0.15) is 32.6 Å². The normalized spacial score (nSPS) is 14.1. The second-order valence-electron chi connectivity index (χ2n) is 5.24. The van der Waals surface area contributed by atoms with Gasteiger partial charge in [0.15, 0.2) is 5.58 Å². The molecule has 1 heterocycles. The highest BCUT2D eigenvalue weighted by molar-refractivity contribution is 5.72. The van der Waals surface area contributed by atoms with Crippen molar-refractivity contribution in [1.82, 2.24) is 10.3 Å². The molecule has 6 heteroatoms. The number of carbonyl (C=O) groups excluding carboxylic acids is 1. The third-order valence-corrected chi connectivity index (χ3v) is 3.60. The third kappa shape index (κ3) is 3.78. The topological polar surface area (TPSA) is 64.4 Å². The zero-order valence-electron chi connectivity index (χ0n) is 12.4. The number of nitrogens with zero attached hydrogens (tertiary/aromatic N) is 1. The van der Waals surface area contributed by atoms with Gasteiger partial charge in [-0.25, -0.2) is 9.37 Å². The van der Waals surface area contributed by atoms with Crippen molar-refractivity contribution in [2.45, 2.75) is 38.8 Å². The van der Waals surface area contributed by atoms with E-state index in [9.17, 15) is 9.18 Å². The first kappa shape index (κ1) is 15.4. The van der Waals surface area contributed by atoms with Gasteiger partial charge in [-0.1, -0.05) is 6.92 Å². The molecule has 0 saturated heterocycles. The van der Waals surface area contributed by atoms with E-state index in [4.69, 9.17) is 9.15 Å². The van der Waals surface area contributed by atoms with Gasteiger partial charge in [0.1, 0.15) is 11.3 Å². The average molecular weight is 294 g/mol. The Hall–Kier alpha value is -1.95. The minimum absolute atomic E-state index is 0.259. The number of carbonyl (C=O) groups is 1. The number of methoxy groups -OCH3 is 1. The van der Waals surface area contributed by atoms with Crippen LogP contribution in [0.15, 0.2) is 22.6 Å². The molecular weight excluding hydrogens is 275 g/mol. The summed E-state index contributed by atoms with van der Waals surface area (Å²) in [6.07, 6.45) is 1.01. The van der Waals surface area contributed by atoms with Crippen molar-refractivity contribution in [2.24, 2.45) is 0 Å². The Kier molecular flexibility index (Phi) is 4.57. The first-order valence-corrected chi connectivity index (χ1v) is 6.82. The van der Waals surface area contributed by atoms with Crippen LogP contribution in [0.2, 0.25) is 0 Å². The van der Waals surface area contributed by atoms with Gasteiger partial charge in [-0.05, 0) is 25.5 Å². The summed E-state index contributed by atoms with van der Waals surface area (Å²) >= 11 is 0. The molecular formula is C15H19FN2O3. The Morgan fingerprint density at radius 2 is 2.29 bits per heavy atom. The summed E-state index contributed by atoms with van der Waals surface area (Å²) in [7, 11) is 1.37. The molecule has 2 aromatic rings. The van der Waals surface area contributed by atoms with E-state index in [0.29, 0.717) is 23.5 Å².